The normalized spacial score (nSPS) is 16.5. The van der Waals surface area contributed by atoms with E-state index in [1.54, 1.807) is 18.4 Å². The average molecular weight is 329 g/mol. The summed E-state index contributed by atoms with van der Waals surface area (Å²) in [7, 11) is 0. The van der Waals surface area contributed by atoms with Crippen molar-refractivity contribution in [2.24, 2.45) is 4.99 Å². The zero-order valence-corrected chi connectivity index (χ0v) is 14.0. The van der Waals surface area contributed by atoms with Crippen molar-refractivity contribution in [2.75, 3.05) is 13.1 Å². The summed E-state index contributed by atoms with van der Waals surface area (Å²) in [5.74, 6) is 1.43. The van der Waals surface area contributed by atoms with E-state index in [9.17, 15) is 4.39 Å². The molecule has 2 aromatic rings. The van der Waals surface area contributed by atoms with E-state index in [1.807, 2.05) is 31.2 Å². The fourth-order valence-electron chi connectivity index (χ4n) is 3.13. The molecule has 1 aliphatic carbocycles. The molecule has 1 heterocycles. The van der Waals surface area contributed by atoms with Gasteiger partial charge in [0.05, 0.1) is 6.26 Å². The van der Waals surface area contributed by atoms with Crippen LogP contribution in [0.4, 0.5) is 4.39 Å². The molecule has 2 N–H and O–H groups in total. The topological polar surface area (TPSA) is 49.6 Å². The van der Waals surface area contributed by atoms with Crippen molar-refractivity contribution in [1.82, 2.24) is 10.6 Å². The van der Waals surface area contributed by atoms with Gasteiger partial charge in [-0.2, -0.15) is 0 Å². The van der Waals surface area contributed by atoms with E-state index in [1.165, 1.54) is 12.0 Å². The van der Waals surface area contributed by atoms with Crippen molar-refractivity contribution in [3.05, 3.63) is 59.8 Å². The summed E-state index contributed by atoms with van der Waals surface area (Å²) in [5.41, 5.74) is 1.28. The Morgan fingerprint density at radius 3 is 2.58 bits per heavy atom. The lowest BCUT2D eigenvalue weighted by Crippen LogP contribution is -2.48. The first kappa shape index (κ1) is 16.6. The molecule has 1 aliphatic rings. The third-order valence-corrected chi connectivity index (χ3v) is 4.68. The molecule has 0 unspecified atom stereocenters. The third kappa shape index (κ3) is 3.78. The van der Waals surface area contributed by atoms with Gasteiger partial charge in [-0.05, 0) is 49.6 Å². The monoisotopic (exact) mass is 329 g/mol. The Labute approximate surface area is 142 Å². The molecule has 4 nitrogen and oxygen atoms in total. The van der Waals surface area contributed by atoms with E-state index >= 15 is 0 Å². The summed E-state index contributed by atoms with van der Waals surface area (Å²) in [6.07, 6.45) is 5.09. The van der Waals surface area contributed by atoms with Gasteiger partial charge in [0.15, 0.2) is 5.96 Å². The van der Waals surface area contributed by atoms with E-state index in [-0.39, 0.29) is 11.2 Å². The van der Waals surface area contributed by atoms with Gasteiger partial charge >= 0.3 is 0 Å². The minimum absolute atomic E-state index is 0.0779. The number of hydrogen-bond acceptors (Lipinski definition) is 2. The van der Waals surface area contributed by atoms with Crippen molar-refractivity contribution in [1.29, 1.82) is 0 Å². The van der Waals surface area contributed by atoms with Gasteiger partial charge in [-0.15, -0.1) is 0 Å². The molecule has 0 spiro atoms. The van der Waals surface area contributed by atoms with E-state index in [4.69, 9.17) is 4.42 Å². The van der Waals surface area contributed by atoms with Gasteiger partial charge in [-0.3, -0.25) is 0 Å². The Morgan fingerprint density at radius 2 is 2.00 bits per heavy atom. The summed E-state index contributed by atoms with van der Waals surface area (Å²) in [6.45, 7) is 4.14. The number of guanidine groups is 1. The molecule has 0 bridgehead atoms. The molecule has 1 aromatic heterocycles. The molecule has 1 saturated carbocycles. The molecule has 0 radical (unpaired) electrons. The maximum atomic E-state index is 13.2. The lowest BCUT2D eigenvalue weighted by Gasteiger charge is -2.43. The zero-order chi connectivity index (χ0) is 16.8. The fourth-order valence-corrected chi connectivity index (χ4v) is 3.13. The van der Waals surface area contributed by atoms with Crippen LogP contribution in [-0.4, -0.2) is 19.0 Å². The van der Waals surface area contributed by atoms with Crippen LogP contribution in [0.5, 0.6) is 0 Å². The first-order valence-electron chi connectivity index (χ1n) is 8.52. The number of halogens is 1. The highest BCUT2D eigenvalue weighted by molar-refractivity contribution is 5.79. The molecule has 0 saturated heterocycles. The molecule has 24 heavy (non-hydrogen) atoms. The Kier molecular flexibility index (Phi) is 5.18. The maximum absolute atomic E-state index is 13.2. The van der Waals surface area contributed by atoms with Crippen molar-refractivity contribution in [2.45, 2.75) is 38.1 Å². The van der Waals surface area contributed by atoms with Crippen LogP contribution in [0.25, 0.3) is 0 Å². The molecular weight excluding hydrogens is 305 g/mol. The molecule has 128 valence electrons. The van der Waals surface area contributed by atoms with Gasteiger partial charge in [0.2, 0.25) is 0 Å². The van der Waals surface area contributed by atoms with Gasteiger partial charge in [-0.1, -0.05) is 18.6 Å². The van der Waals surface area contributed by atoms with Crippen molar-refractivity contribution in [3.8, 4) is 0 Å². The largest absolute Gasteiger partial charge is 0.467 e. The van der Waals surface area contributed by atoms with Gasteiger partial charge in [-0.25, -0.2) is 9.38 Å². The Balaban J connectivity index is 1.66. The number of rotatable bonds is 6. The highest BCUT2D eigenvalue weighted by atomic mass is 19.1. The van der Waals surface area contributed by atoms with E-state index < -0.39 is 0 Å². The summed E-state index contributed by atoms with van der Waals surface area (Å²) in [4.78, 5) is 4.57. The van der Waals surface area contributed by atoms with Crippen LogP contribution in [-0.2, 0) is 12.0 Å². The second-order valence-corrected chi connectivity index (χ2v) is 6.27. The third-order valence-electron chi connectivity index (χ3n) is 4.68. The minimum Gasteiger partial charge on any atom is -0.467 e. The van der Waals surface area contributed by atoms with Crippen molar-refractivity contribution < 1.29 is 8.81 Å². The number of benzene rings is 1. The Hall–Kier alpha value is -2.30. The standard InChI is InChI=1S/C19H24FN3O/c1-2-21-18(22-13-17-5-3-12-24-17)23-14-19(10-4-11-19)15-6-8-16(20)9-7-15/h3,5-9,12H,2,4,10-11,13-14H2,1H3,(H2,21,22,23). The number of nitrogens with zero attached hydrogens (tertiary/aromatic N) is 1. The minimum atomic E-state index is -0.186. The summed E-state index contributed by atoms with van der Waals surface area (Å²) < 4.78 is 18.5. The smallest absolute Gasteiger partial charge is 0.191 e. The summed E-state index contributed by atoms with van der Waals surface area (Å²) >= 11 is 0. The van der Waals surface area contributed by atoms with Crippen LogP contribution < -0.4 is 10.6 Å². The molecule has 0 atom stereocenters. The molecule has 3 rings (SSSR count). The number of nitrogens with one attached hydrogen (secondary N) is 2. The SMILES string of the molecule is CCNC(=NCc1ccco1)NCC1(c2ccc(F)cc2)CCC1. The number of furan rings is 1. The zero-order valence-electron chi connectivity index (χ0n) is 14.0. The van der Waals surface area contributed by atoms with Crippen LogP contribution in [0.2, 0.25) is 0 Å². The number of aliphatic imine (C=N–C) groups is 1. The summed E-state index contributed by atoms with van der Waals surface area (Å²) in [5, 5.41) is 6.71. The van der Waals surface area contributed by atoms with Crippen molar-refractivity contribution in [3.63, 3.8) is 0 Å². The second kappa shape index (κ2) is 7.51. The molecule has 5 heteroatoms. The van der Waals surface area contributed by atoms with Crippen LogP contribution in [0.1, 0.15) is 37.5 Å². The Bertz CT molecular complexity index is 660. The van der Waals surface area contributed by atoms with Crippen LogP contribution in [0.3, 0.4) is 0 Å². The molecule has 0 amide bonds. The van der Waals surface area contributed by atoms with E-state index in [0.717, 1.165) is 37.7 Å². The van der Waals surface area contributed by atoms with Crippen LogP contribution >= 0.6 is 0 Å². The summed E-state index contributed by atoms with van der Waals surface area (Å²) in [6, 6.07) is 10.7. The molecular formula is C19H24FN3O. The highest BCUT2D eigenvalue weighted by Crippen LogP contribution is 2.43. The van der Waals surface area contributed by atoms with Gasteiger partial charge in [0, 0.05) is 18.5 Å². The maximum Gasteiger partial charge on any atom is 0.191 e. The second-order valence-electron chi connectivity index (χ2n) is 6.27. The predicted molar refractivity (Wildman–Crippen MR) is 93.5 cm³/mol. The first-order valence-corrected chi connectivity index (χ1v) is 8.52. The fraction of sp³-hybridized carbons (Fsp3) is 0.421. The molecule has 1 aromatic carbocycles. The van der Waals surface area contributed by atoms with Gasteiger partial charge in [0.25, 0.3) is 0 Å². The van der Waals surface area contributed by atoms with Gasteiger partial charge in [0.1, 0.15) is 18.1 Å². The highest BCUT2D eigenvalue weighted by Gasteiger charge is 2.38. The van der Waals surface area contributed by atoms with E-state index in [2.05, 4.69) is 15.6 Å². The average Bonchev–Trinajstić information content (AvgIpc) is 3.06. The molecule has 1 fully saturated rings. The van der Waals surface area contributed by atoms with E-state index in [0.29, 0.717) is 6.54 Å². The number of hydrogen-bond donors (Lipinski definition) is 2. The van der Waals surface area contributed by atoms with Crippen LogP contribution in [0, 0.1) is 5.82 Å². The lowest BCUT2D eigenvalue weighted by atomic mass is 9.64. The van der Waals surface area contributed by atoms with Gasteiger partial charge < -0.3 is 15.1 Å². The lowest BCUT2D eigenvalue weighted by molar-refractivity contribution is 0.243. The Morgan fingerprint density at radius 1 is 1.21 bits per heavy atom. The predicted octanol–water partition coefficient (Wildman–Crippen LogP) is 3.60. The molecule has 0 aliphatic heterocycles. The van der Waals surface area contributed by atoms with Crippen LogP contribution in [0.15, 0.2) is 52.1 Å². The quantitative estimate of drug-likeness (QED) is 0.629. The first-order chi connectivity index (χ1) is 11.7. The van der Waals surface area contributed by atoms with Crippen molar-refractivity contribution >= 4 is 5.96 Å².